The number of halogens is 1. The van der Waals surface area contributed by atoms with E-state index in [9.17, 15) is 4.79 Å². The van der Waals surface area contributed by atoms with E-state index >= 15 is 0 Å². The zero-order valence-corrected chi connectivity index (χ0v) is 12.0. The molecule has 0 fully saturated rings. The normalized spacial score (nSPS) is 12.3. The van der Waals surface area contributed by atoms with Crippen LogP contribution in [0.5, 0.6) is 0 Å². The van der Waals surface area contributed by atoms with Gasteiger partial charge in [0.25, 0.3) is 0 Å². The Hall–Kier alpha value is -1.59. The third-order valence-electron chi connectivity index (χ3n) is 2.87. The minimum Gasteiger partial charge on any atom is -0.478 e. The summed E-state index contributed by atoms with van der Waals surface area (Å²) in [5.41, 5.74) is 1.28. The van der Waals surface area contributed by atoms with Crippen LogP contribution in [0.1, 0.15) is 34.6 Å². The van der Waals surface area contributed by atoms with Crippen LogP contribution in [0.25, 0.3) is 0 Å². The van der Waals surface area contributed by atoms with Crippen molar-refractivity contribution in [2.45, 2.75) is 19.5 Å². The highest BCUT2D eigenvalue weighted by Crippen LogP contribution is 2.20. The highest BCUT2D eigenvalue weighted by atomic mass is 79.9. The lowest BCUT2D eigenvalue weighted by atomic mass is 10.1. The lowest BCUT2D eigenvalue weighted by Crippen LogP contribution is -2.18. The third-order valence-corrected chi connectivity index (χ3v) is 3.61. The molecule has 0 saturated heterocycles. The van der Waals surface area contributed by atoms with Crippen LogP contribution in [-0.4, -0.2) is 11.1 Å². The number of carboxylic acids is 1. The van der Waals surface area contributed by atoms with Crippen molar-refractivity contribution in [2.24, 2.45) is 0 Å². The number of furan rings is 1. The molecule has 0 bridgehead atoms. The van der Waals surface area contributed by atoms with Crippen LogP contribution in [0.15, 0.2) is 45.5 Å². The quantitative estimate of drug-likeness (QED) is 0.882. The fourth-order valence-electron chi connectivity index (χ4n) is 1.73. The first-order valence-electron chi connectivity index (χ1n) is 5.86. The summed E-state index contributed by atoms with van der Waals surface area (Å²) in [6.45, 7) is 2.64. The molecule has 1 aromatic heterocycles. The van der Waals surface area contributed by atoms with Gasteiger partial charge < -0.3 is 14.8 Å². The van der Waals surface area contributed by atoms with E-state index in [1.54, 1.807) is 24.5 Å². The van der Waals surface area contributed by atoms with Crippen molar-refractivity contribution in [2.75, 3.05) is 0 Å². The maximum Gasteiger partial charge on any atom is 0.335 e. The Morgan fingerprint density at radius 1 is 1.47 bits per heavy atom. The zero-order valence-electron chi connectivity index (χ0n) is 10.4. The van der Waals surface area contributed by atoms with E-state index in [0.717, 1.165) is 15.8 Å². The van der Waals surface area contributed by atoms with E-state index in [4.69, 9.17) is 9.52 Å². The van der Waals surface area contributed by atoms with Gasteiger partial charge in [0, 0.05) is 11.0 Å². The summed E-state index contributed by atoms with van der Waals surface area (Å²) in [6.07, 6.45) is 1.64. The van der Waals surface area contributed by atoms with Crippen molar-refractivity contribution in [3.05, 3.63) is 58.0 Å². The van der Waals surface area contributed by atoms with Crippen molar-refractivity contribution >= 4 is 21.9 Å². The zero-order chi connectivity index (χ0) is 13.8. The van der Waals surface area contributed by atoms with Crippen molar-refractivity contribution in [3.63, 3.8) is 0 Å². The van der Waals surface area contributed by atoms with E-state index in [-0.39, 0.29) is 11.6 Å². The smallest absolute Gasteiger partial charge is 0.335 e. The maximum absolute atomic E-state index is 10.8. The Kier molecular flexibility index (Phi) is 4.39. The van der Waals surface area contributed by atoms with Gasteiger partial charge in [-0.05, 0) is 36.8 Å². The number of nitrogens with one attached hydrogen (secondary N) is 1. The lowest BCUT2D eigenvalue weighted by molar-refractivity contribution is 0.0697. The Morgan fingerprint density at radius 2 is 2.26 bits per heavy atom. The number of carboxylic acid groups (broad SMARTS) is 1. The van der Waals surface area contributed by atoms with E-state index in [1.165, 1.54) is 0 Å². The molecule has 1 unspecified atom stereocenters. The van der Waals surface area contributed by atoms with E-state index in [2.05, 4.69) is 21.2 Å². The average Bonchev–Trinajstić information content (AvgIpc) is 2.90. The number of aromatic carboxylic acids is 1. The third kappa shape index (κ3) is 3.45. The monoisotopic (exact) mass is 323 g/mol. The Labute approximate surface area is 119 Å². The highest BCUT2D eigenvalue weighted by molar-refractivity contribution is 9.10. The number of benzene rings is 1. The first-order chi connectivity index (χ1) is 9.08. The summed E-state index contributed by atoms with van der Waals surface area (Å²) in [7, 11) is 0. The fraction of sp³-hybridized carbons (Fsp3) is 0.214. The molecule has 0 aliphatic heterocycles. The molecule has 1 heterocycles. The molecular weight excluding hydrogens is 310 g/mol. The van der Waals surface area contributed by atoms with Crippen LogP contribution in [0.3, 0.4) is 0 Å². The van der Waals surface area contributed by atoms with Gasteiger partial charge in [0.05, 0.1) is 17.9 Å². The SMILES string of the molecule is CC(NCc1ccc(C(=O)O)cc1Br)c1ccco1. The molecule has 0 aliphatic carbocycles. The molecule has 2 N–H and O–H groups in total. The second kappa shape index (κ2) is 6.04. The summed E-state index contributed by atoms with van der Waals surface area (Å²) in [5, 5.41) is 12.2. The van der Waals surface area contributed by atoms with Crippen molar-refractivity contribution < 1.29 is 14.3 Å². The van der Waals surface area contributed by atoms with Crippen LogP contribution in [0, 0.1) is 0 Å². The first kappa shape index (κ1) is 13.8. The van der Waals surface area contributed by atoms with Crippen LogP contribution in [-0.2, 0) is 6.54 Å². The van der Waals surface area contributed by atoms with Crippen LogP contribution >= 0.6 is 15.9 Å². The molecule has 0 amide bonds. The largest absolute Gasteiger partial charge is 0.478 e. The van der Waals surface area contributed by atoms with Gasteiger partial charge in [-0.3, -0.25) is 0 Å². The summed E-state index contributed by atoms with van der Waals surface area (Å²) >= 11 is 3.39. The van der Waals surface area contributed by atoms with Gasteiger partial charge in [0.1, 0.15) is 5.76 Å². The minimum atomic E-state index is -0.927. The van der Waals surface area contributed by atoms with Crippen LogP contribution in [0.4, 0.5) is 0 Å². The van der Waals surface area contributed by atoms with Gasteiger partial charge in [-0.15, -0.1) is 0 Å². The summed E-state index contributed by atoms with van der Waals surface area (Å²) in [6, 6.07) is 8.88. The highest BCUT2D eigenvalue weighted by Gasteiger charge is 2.10. The van der Waals surface area contributed by atoms with Gasteiger partial charge in [0.15, 0.2) is 0 Å². The Morgan fingerprint density at radius 3 is 2.84 bits per heavy atom. The lowest BCUT2D eigenvalue weighted by Gasteiger charge is -2.12. The molecule has 0 saturated carbocycles. The predicted molar refractivity (Wildman–Crippen MR) is 75.1 cm³/mol. The molecule has 2 rings (SSSR count). The number of rotatable bonds is 5. The van der Waals surface area contributed by atoms with Crippen molar-refractivity contribution in [1.82, 2.24) is 5.32 Å². The van der Waals surface area contributed by atoms with Gasteiger partial charge in [0.2, 0.25) is 0 Å². The molecule has 19 heavy (non-hydrogen) atoms. The first-order valence-corrected chi connectivity index (χ1v) is 6.65. The molecule has 4 nitrogen and oxygen atoms in total. The molecule has 2 aromatic rings. The van der Waals surface area contributed by atoms with Gasteiger partial charge >= 0.3 is 5.97 Å². The topological polar surface area (TPSA) is 62.5 Å². The van der Waals surface area contributed by atoms with Crippen LogP contribution in [0.2, 0.25) is 0 Å². The molecule has 0 spiro atoms. The fourth-order valence-corrected chi connectivity index (χ4v) is 2.24. The molecule has 1 aromatic carbocycles. The number of hydrogen-bond acceptors (Lipinski definition) is 3. The molecule has 0 radical (unpaired) electrons. The van der Waals surface area contributed by atoms with Gasteiger partial charge in [-0.2, -0.15) is 0 Å². The molecule has 5 heteroatoms. The molecular formula is C14H14BrNO3. The van der Waals surface area contributed by atoms with Crippen molar-refractivity contribution in [1.29, 1.82) is 0 Å². The molecule has 0 aliphatic rings. The standard InChI is InChI=1S/C14H14BrNO3/c1-9(13-3-2-6-19-13)16-8-11-5-4-10(14(17)18)7-12(11)15/h2-7,9,16H,8H2,1H3,(H,17,18). The Bertz CT molecular complexity index is 566. The van der Waals surface area contributed by atoms with Gasteiger partial charge in [-0.1, -0.05) is 22.0 Å². The van der Waals surface area contributed by atoms with E-state index in [0.29, 0.717) is 6.54 Å². The second-order valence-electron chi connectivity index (χ2n) is 4.23. The van der Waals surface area contributed by atoms with E-state index < -0.39 is 5.97 Å². The minimum absolute atomic E-state index is 0.0982. The number of hydrogen-bond donors (Lipinski definition) is 2. The second-order valence-corrected chi connectivity index (χ2v) is 5.08. The van der Waals surface area contributed by atoms with E-state index in [1.807, 2.05) is 19.1 Å². The summed E-state index contributed by atoms with van der Waals surface area (Å²) in [4.78, 5) is 10.8. The Balaban J connectivity index is 2.02. The van der Waals surface area contributed by atoms with Crippen LogP contribution < -0.4 is 5.32 Å². The van der Waals surface area contributed by atoms with Crippen molar-refractivity contribution in [3.8, 4) is 0 Å². The summed E-state index contributed by atoms with van der Waals surface area (Å²) in [5.74, 6) is -0.0533. The van der Waals surface area contributed by atoms with Gasteiger partial charge in [-0.25, -0.2) is 4.79 Å². The number of carbonyl (C=O) groups is 1. The maximum atomic E-state index is 10.8. The average molecular weight is 324 g/mol. The predicted octanol–water partition coefficient (Wildman–Crippen LogP) is 3.59. The summed E-state index contributed by atoms with van der Waals surface area (Å²) < 4.78 is 6.10. The molecule has 1 atom stereocenters. The molecule has 100 valence electrons.